The highest BCUT2D eigenvalue weighted by molar-refractivity contribution is 6.32. The molecule has 2 aromatic carbocycles. The second-order valence-electron chi connectivity index (χ2n) is 6.18. The number of rotatable bonds is 3. The molecule has 0 amide bonds. The first-order chi connectivity index (χ1) is 12.6. The van der Waals surface area contributed by atoms with Crippen LogP contribution < -0.4 is 5.56 Å². The van der Waals surface area contributed by atoms with Crippen molar-refractivity contribution >= 4 is 22.4 Å². The SMILES string of the molecule is Cc1ccc(Cn2nc(-c3cccnc3Cl)c3ccccc3c2=O)cc1. The Labute approximate surface area is 155 Å². The lowest BCUT2D eigenvalue weighted by atomic mass is 10.1. The van der Waals surface area contributed by atoms with Gasteiger partial charge in [0.1, 0.15) is 10.8 Å². The molecule has 4 aromatic rings. The van der Waals surface area contributed by atoms with Gasteiger partial charge in [0.15, 0.2) is 0 Å². The molecule has 5 heteroatoms. The Morgan fingerprint density at radius 2 is 1.69 bits per heavy atom. The molecule has 0 saturated heterocycles. The van der Waals surface area contributed by atoms with E-state index in [2.05, 4.69) is 10.1 Å². The first kappa shape index (κ1) is 16.5. The Kier molecular flexibility index (Phi) is 4.27. The Balaban J connectivity index is 1.94. The number of aromatic nitrogens is 3. The highest BCUT2D eigenvalue weighted by Crippen LogP contribution is 2.29. The fourth-order valence-electron chi connectivity index (χ4n) is 2.97. The summed E-state index contributed by atoms with van der Waals surface area (Å²) in [4.78, 5) is 17.1. The number of aryl methyl sites for hydroxylation is 1. The maximum absolute atomic E-state index is 12.9. The zero-order valence-corrected chi connectivity index (χ0v) is 14.9. The first-order valence-corrected chi connectivity index (χ1v) is 8.67. The molecule has 0 atom stereocenters. The molecule has 128 valence electrons. The van der Waals surface area contributed by atoms with Gasteiger partial charge in [-0.25, -0.2) is 9.67 Å². The van der Waals surface area contributed by atoms with Crippen LogP contribution >= 0.6 is 11.6 Å². The summed E-state index contributed by atoms with van der Waals surface area (Å²) in [5.74, 6) is 0. The van der Waals surface area contributed by atoms with Gasteiger partial charge in [0, 0.05) is 17.1 Å². The molecule has 0 spiro atoms. The van der Waals surface area contributed by atoms with Gasteiger partial charge in [0.05, 0.1) is 11.9 Å². The van der Waals surface area contributed by atoms with E-state index in [-0.39, 0.29) is 5.56 Å². The smallest absolute Gasteiger partial charge is 0.267 e. The van der Waals surface area contributed by atoms with Crippen molar-refractivity contribution in [3.05, 3.63) is 93.5 Å². The molecule has 4 nitrogen and oxygen atoms in total. The van der Waals surface area contributed by atoms with Crippen molar-refractivity contribution in [1.29, 1.82) is 0 Å². The molecule has 0 saturated carbocycles. The maximum Gasteiger partial charge on any atom is 0.274 e. The van der Waals surface area contributed by atoms with E-state index < -0.39 is 0 Å². The molecule has 0 fully saturated rings. The fraction of sp³-hybridized carbons (Fsp3) is 0.0952. The van der Waals surface area contributed by atoms with Gasteiger partial charge in [-0.15, -0.1) is 0 Å². The normalized spacial score (nSPS) is 11.0. The second kappa shape index (κ2) is 6.73. The summed E-state index contributed by atoms with van der Waals surface area (Å²) in [7, 11) is 0. The van der Waals surface area contributed by atoms with Crippen LogP contribution in [0.15, 0.2) is 71.7 Å². The highest BCUT2D eigenvalue weighted by Gasteiger charge is 2.14. The van der Waals surface area contributed by atoms with Crippen LogP contribution in [0.4, 0.5) is 0 Å². The summed E-state index contributed by atoms with van der Waals surface area (Å²) in [6.07, 6.45) is 1.64. The molecular formula is C21H16ClN3O. The van der Waals surface area contributed by atoms with Crippen molar-refractivity contribution in [3.8, 4) is 11.3 Å². The van der Waals surface area contributed by atoms with E-state index in [1.54, 1.807) is 6.20 Å². The second-order valence-corrected chi connectivity index (χ2v) is 6.54. The molecule has 2 heterocycles. The standard InChI is InChI=1S/C21H16ClN3O/c1-14-8-10-15(11-9-14)13-25-21(26)17-6-3-2-5-16(17)19(24-25)18-7-4-12-23-20(18)22/h2-12H,13H2,1H3. The van der Waals surface area contributed by atoms with E-state index in [0.29, 0.717) is 28.3 Å². The van der Waals surface area contributed by atoms with E-state index in [1.165, 1.54) is 10.2 Å². The van der Waals surface area contributed by atoms with Gasteiger partial charge in [-0.05, 0) is 30.7 Å². The van der Waals surface area contributed by atoms with Gasteiger partial charge in [-0.3, -0.25) is 4.79 Å². The van der Waals surface area contributed by atoms with Gasteiger partial charge < -0.3 is 0 Å². The van der Waals surface area contributed by atoms with Crippen molar-refractivity contribution in [1.82, 2.24) is 14.8 Å². The Morgan fingerprint density at radius 3 is 2.42 bits per heavy atom. The summed E-state index contributed by atoms with van der Waals surface area (Å²) < 4.78 is 1.49. The third-order valence-corrected chi connectivity index (χ3v) is 4.64. The Bertz CT molecular complexity index is 1150. The zero-order chi connectivity index (χ0) is 18.1. The van der Waals surface area contributed by atoms with Crippen LogP contribution in [0.25, 0.3) is 22.0 Å². The zero-order valence-electron chi connectivity index (χ0n) is 14.2. The molecule has 0 bridgehead atoms. The van der Waals surface area contributed by atoms with Gasteiger partial charge in [0.2, 0.25) is 0 Å². The molecule has 0 aliphatic rings. The third kappa shape index (κ3) is 3.00. The Morgan fingerprint density at radius 1 is 0.962 bits per heavy atom. The molecule has 0 unspecified atom stereocenters. The molecule has 2 aromatic heterocycles. The first-order valence-electron chi connectivity index (χ1n) is 8.30. The van der Waals surface area contributed by atoms with Crippen molar-refractivity contribution in [2.75, 3.05) is 0 Å². The quantitative estimate of drug-likeness (QED) is 0.506. The summed E-state index contributed by atoms with van der Waals surface area (Å²) in [5, 5.41) is 6.38. The van der Waals surface area contributed by atoms with Crippen LogP contribution in [0, 0.1) is 6.92 Å². The maximum atomic E-state index is 12.9. The van der Waals surface area contributed by atoms with E-state index in [9.17, 15) is 4.79 Å². The van der Waals surface area contributed by atoms with Crippen molar-refractivity contribution < 1.29 is 0 Å². The summed E-state index contributed by atoms with van der Waals surface area (Å²) in [6.45, 7) is 2.43. The molecule has 26 heavy (non-hydrogen) atoms. The lowest BCUT2D eigenvalue weighted by molar-refractivity contribution is 0.651. The molecule has 0 N–H and O–H groups in total. The minimum Gasteiger partial charge on any atom is -0.267 e. The predicted octanol–water partition coefficient (Wildman–Crippen LogP) is 4.47. The third-order valence-electron chi connectivity index (χ3n) is 4.33. The molecular weight excluding hydrogens is 346 g/mol. The summed E-state index contributed by atoms with van der Waals surface area (Å²) in [5.41, 5.74) is 3.44. The van der Waals surface area contributed by atoms with Gasteiger partial charge >= 0.3 is 0 Å². The number of pyridine rings is 1. The lowest BCUT2D eigenvalue weighted by Crippen LogP contribution is -2.24. The van der Waals surface area contributed by atoms with Crippen LogP contribution in [0.2, 0.25) is 5.15 Å². The van der Waals surface area contributed by atoms with Crippen LogP contribution in [-0.2, 0) is 6.54 Å². The summed E-state index contributed by atoms with van der Waals surface area (Å²) >= 11 is 6.29. The van der Waals surface area contributed by atoms with E-state index in [1.807, 2.05) is 67.6 Å². The van der Waals surface area contributed by atoms with E-state index in [0.717, 1.165) is 10.9 Å². The number of hydrogen-bond acceptors (Lipinski definition) is 3. The van der Waals surface area contributed by atoms with E-state index in [4.69, 9.17) is 11.6 Å². The predicted molar refractivity (Wildman–Crippen MR) is 105 cm³/mol. The number of benzene rings is 2. The van der Waals surface area contributed by atoms with Gasteiger partial charge in [-0.2, -0.15) is 5.10 Å². The van der Waals surface area contributed by atoms with Crippen molar-refractivity contribution in [2.45, 2.75) is 13.5 Å². The largest absolute Gasteiger partial charge is 0.274 e. The van der Waals surface area contributed by atoms with E-state index >= 15 is 0 Å². The lowest BCUT2D eigenvalue weighted by Gasteiger charge is -2.12. The van der Waals surface area contributed by atoms with Crippen LogP contribution in [0.1, 0.15) is 11.1 Å². The van der Waals surface area contributed by atoms with Crippen LogP contribution in [-0.4, -0.2) is 14.8 Å². The number of fused-ring (bicyclic) bond motifs is 1. The molecule has 0 radical (unpaired) electrons. The Hall–Kier alpha value is -2.98. The van der Waals surface area contributed by atoms with Crippen molar-refractivity contribution in [2.24, 2.45) is 0 Å². The highest BCUT2D eigenvalue weighted by atomic mass is 35.5. The number of nitrogens with zero attached hydrogens (tertiary/aromatic N) is 3. The topological polar surface area (TPSA) is 47.8 Å². The number of halogens is 1. The molecule has 0 aliphatic carbocycles. The van der Waals surface area contributed by atoms with Crippen molar-refractivity contribution in [3.63, 3.8) is 0 Å². The minimum absolute atomic E-state index is 0.120. The van der Waals surface area contributed by atoms with Gasteiger partial charge in [0.25, 0.3) is 5.56 Å². The molecule has 0 aliphatic heterocycles. The average Bonchev–Trinajstić information content (AvgIpc) is 2.66. The van der Waals surface area contributed by atoms with Crippen LogP contribution in [0.3, 0.4) is 0 Å². The summed E-state index contributed by atoms with van der Waals surface area (Å²) in [6, 6.07) is 19.2. The number of hydrogen-bond donors (Lipinski definition) is 0. The average molecular weight is 362 g/mol. The minimum atomic E-state index is -0.120. The van der Waals surface area contributed by atoms with Gasteiger partial charge in [-0.1, -0.05) is 59.6 Å². The monoisotopic (exact) mass is 361 g/mol. The molecule has 4 rings (SSSR count). The van der Waals surface area contributed by atoms with Crippen LogP contribution in [0.5, 0.6) is 0 Å². The fourth-order valence-corrected chi connectivity index (χ4v) is 3.18.